The Balaban J connectivity index is 1.46. The highest BCUT2D eigenvalue weighted by molar-refractivity contribution is 5.71. The monoisotopic (exact) mass is 385 g/mol. The summed E-state index contributed by atoms with van der Waals surface area (Å²) < 4.78 is 5.48. The SMILES string of the molecule is CC1CC[C@@]2(C)C(CC[C@@H]3[C@H]2CC[C@@]2(C)[C@H]3CCC2(O)c2cc(C=O)no2)C1. The van der Waals surface area contributed by atoms with Crippen LogP contribution in [0.25, 0.3) is 0 Å². The number of carbonyl (C=O) groups is 1. The van der Waals surface area contributed by atoms with Crippen molar-refractivity contribution >= 4 is 6.29 Å². The number of rotatable bonds is 2. The Morgan fingerprint density at radius 2 is 1.89 bits per heavy atom. The van der Waals surface area contributed by atoms with Gasteiger partial charge in [0.05, 0.1) is 0 Å². The zero-order valence-electron chi connectivity index (χ0n) is 17.6. The first kappa shape index (κ1) is 18.8. The number of aliphatic hydroxyl groups is 1. The summed E-state index contributed by atoms with van der Waals surface area (Å²) in [6.45, 7) is 7.31. The Hall–Kier alpha value is -1.16. The average molecular weight is 386 g/mol. The average Bonchev–Trinajstić information content (AvgIpc) is 3.26. The first-order chi connectivity index (χ1) is 13.3. The van der Waals surface area contributed by atoms with Crippen LogP contribution in [0.3, 0.4) is 0 Å². The lowest BCUT2D eigenvalue weighted by Crippen LogP contribution is -2.55. The zero-order valence-corrected chi connectivity index (χ0v) is 17.6. The molecule has 4 saturated carbocycles. The van der Waals surface area contributed by atoms with Crippen molar-refractivity contribution in [3.8, 4) is 0 Å². The number of aromatic nitrogens is 1. The highest BCUT2D eigenvalue weighted by Gasteiger charge is 2.66. The summed E-state index contributed by atoms with van der Waals surface area (Å²) in [7, 11) is 0. The Morgan fingerprint density at radius 1 is 1.11 bits per heavy atom. The van der Waals surface area contributed by atoms with Crippen LogP contribution in [0.4, 0.5) is 0 Å². The molecule has 0 spiro atoms. The van der Waals surface area contributed by atoms with Crippen LogP contribution in [0.5, 0.6) is 0 Å². The van der Waals surface area contributed by atoms with E-state index in [1.807, 2.05) is 0 Å². The highest BCUT2D eigenvalue weighted by Crippen LogP contribution is 2.70. The molecule has 0 bridgehead atoms. The molecule has 1 aromatic heterocycles. The summed E-state index contributed by atoms with van der Waals surface area (Å²) >= 11 is 0. The third-order valence-corrected chi connectivity index (χ3v) is 10.1. The summed E-state index contributed by atoms with van der Waals surface area (Å²) in [5.74, 6) is 4.35. The van der Waals surface area contributed by atoms with Crippen LogP contribution >= 0.6 is 0 Å². The molecule has 0 amide bonds. The van der Waals surface area contributed by atoms with Gasteiger partial charge in [-0.3, -0.25) is 4.79 Å². The van der Waals surface area contributed by atoms with Crippen molar-refractivity contribution in [2.45, 2.75) is 84.2 Å². The van der Waals surface area contributed by atoms with E-state index >= 15 is 0 Å². The van der Waals surface area contributed by atoms with E-state index in [0.29, 0.717) is 23.4 Å². The van der Waals surface area contributed by atoms with Gasteiger partial charge in [0.2, 0.25) is 0 Å². The van der Waals surface area contributed by atoms with Crippen LogP contribution in [0, 0.1) is 40.4 Å². The fourth-order valence-electron chi connectivity index (χ4n) is 8.43. The Bertz CT molecular complexity index is 774. The predicted molar refractivity (Wildman–Crippen MR) is 107 cm³/mol. The summed E-state index contributed by atoms with van der Waals surface area (Å²) in [5, 5.41) is 15.6. The third kappa shape index (κ3) is 2.33. The van der Waals surface area contributed by atoms with Gasteiger partial charge in [0.15, 0.2) is 12.0 Å². The van der Waals surface area contributed by atoms with Gasteiger partial charge < -0.3 is 9.63 Å². The van der Waals surface area contributed by atoms with E-state index in [0.717, 1.165) is 42.9 Å². The van der Waals surface area contributed by atoms with Crippen molar-refractivity contribution in [1.29, 1.82) is 0 Å². The molecule has 4 aliphatic rings. The molecule has 1 heterocycles. The first-order valence-electron chi connectivity index (χ1n) is 11.5. The molecule has 0 aromatic carbocycles. The molecule has 0 saturated heterocycles. The van der Waals surface area contributed by atoms with Crippen LogP contribution in [0.1, 0.15) is 94.8 Å². The molecule has 4 fully saturated rings. The van der Waals surface area contributed by atoms with E-state index in [1.165, 1.54) is 38.5 Å². The van der Waals surface area contributed by atoms with E-state index < -0.39 is 5.60 Å². The van der Waals surface area contributed by atoms with Gasteiger partial charge >= 0.3 is 0 Å². The predicted octanol–water partition coefficient (Wildman–Crippen LogP) is 5.35. The van der Waals surface area contributed by atoms with E-state index in [4.69, 9.17) is 4.52 Å². The number of fused-ring (bicyclic) bond motifs is 5. The van der Waals surface area contributed by atoms with Gasteiger partial charge in [0.25, 0.3) is 0 Å². The van der Waals surface area contributed by atoms with Crippen molar-refractivity contribution in [3.05, 3.63) is 17.5 Å². The molecule has 0 radical (unpaired) electrons. The number of carbonyl (C=O) groups excluding carboxylic acids is 1. The maximum absolute atomic E-state index is 11.8. The van der Waals surface area contributed by atoms with Crippen LogP contribution in [-0.2, 0) is 5.60 Å². The van der Waals surface area contributed by atoms with E-state index in [-0.39, 0.29) is 11.1 Å². The van der Waals surface area contributed by atoms with Gasteiger partial charge in [-0.1, -0.05) is 32.3 Å². The van der Waals surface area contributed by atoms with Gasteiger partial charge in [0, 0.05) is 11.5 Å². The maximum atomic E-state index is 11.8. The largest absolute Gasteiger partial charge is 0.381 e. The van der Waals surface area contributed by atoms with Gasteiger partial charge in [-0.05, 0) is 86.4 Å². The number of nitrogens with zero attached hydrogens (tertiary/aromatic N) is 1. The molecule has 3 unspecified atom stereocenters. The van der Waals surface area contributed by atoms with Crippen molar-refractivity contribution < 1.29 is 14.4 Å². The second-order valence-corrected chi connectivity index (χ2v) is 11.1. The normalized spacial score (nSPS) is 50.5. The summed E-state index contributed by atoms with van der Waals surface area (Å²) in [4.78, 5) is 11.1. The minimum atomic E-state index is -0.990. The molecule has 8 atom stereocenters. The van der Waals surface area contributed by atoms with Gasteiger partial charge in [-0.15, -0.1) is 0 Å². The lowest BCUT2D eigenvalue weighted by molar-refractivity contribution is -0.164. The summed E-state index contributed by atoms with van der Waals surface area (Å²) in [5.41, 5.74) is -0.392. The molecule has 5 rings (SSSR count). The molecule has 0 aliphatic heterocycles. The summed E-state index contributed by atoms with van der Waals surface area (Å²) in [6, 6.07) is 1.66. The number of hydrogen-bond acceptors (Lipinski definition) is 4. The van der Waals surface area contributed by atoms with Crippen LogP contribution in [-0.4, -0.2) is 16.5 Å². The van der Waals surface area contributed by atoms with Crippen molar-refractivity contribution in [2.24, 2.45) is 40.4 Å². The van der Waals surface area contributed by atoms with Crippen LogP contribution in [0.15, 0.2) is 10.6 Å². The smallest absolute Gasteiger partial charge is 0.171 e. The molecule has 1 N–H and O–H groups in total. The minimum absolute atomic E-state index is 0.182. The fourth-order valence-corrected chi connectivity index (χ4v) is 8.43. The summed E-state index contributed by atoms with van der Waals surface area (Å²) in [6.07, 6.45) is 11.6. The minimum Gasteiger partial charge on any atom is -0.381 e. The van der Waals surface area contributed by atoms with Crippen molar-refractivity contribution in [1.82, 2.24) is 5.16 Å². The molecule has 4 aliphatic carbocycles. The van der Waals surface area contributed by atoms with Gasteiger partial charge in [-0.2, -0.15) is 0 Å². The lowest BCUT2D eigenvalue weighted by Gasteiger charge is -2.61. The quantitative estimate of drug-likeness (QED) is 0.697. The first-order valence-corrected chi connectivity index (χ1v) is 11.5. The van der Waals surface area contributed by atoms with Crippen LogP contribution in [0.2, 0.25) is 0 Å². The maximum Gasteiger partial charge on any atom is 0.171 e. The molecular weight excluding hydrogens is 350 g/mol. The van der Waals surface area contributed by atoms with Crippen molar-refractivity contribution in [2.75, 3.05) is 0 Å². The molecule has 4 nitrogen and oxygen atoms in total. The van der Waals surface area contributed by atoms with E-state index in [2.05, 4.69) is 25.9 Å². The van der Waals surface area contributed by atoms with E-state index in [9.17, 15) is 9.90 Å². The van der Waals surface area contributed by atoms with Crippen molar-refractivity contribution in [3.63, 3.8) is 0 Å². The third-order valence-electron chi connectivity index (χ3n) is 10.1. The molecule has 1 aromatic rings. The fraction of sp³-hybridized carbons (Fsp3) is 0.833. The topological polar surface area (TPSA) is 63.3 Å². The highest BCUT2D eigenvalue weighted by atomic mass is 16.5. The second kappa shape index (κ2) is 6.17. The lowest BCUT2D eigenvalue weighted by atomic mass is 9.44. The number of aldehydes is 1. The van der Waals surface area contributed by atoms with Gasteiger partial charge in [0.1, 0.15) is 11.3 Å². The number of hydrogen-bond donors (Lipinski definition) is 1. The standard InChI is InChI=1S/C24H35NO3/c1-15-6-9-22(2)16(12-15)4-5-18-19(22)7-10-23(3)20(18)8-11-24(23,27)21-13-17(14-26)25-28-21/h13-16,18-20,27H,4-12H2,1-3H3/t15?,16?,18-,19-,20+,22+,23+,24?/m1/s1. The molecule has 28 heavy (non-hydrogen) atoms. The van der Waals surface area contributed by atoms with Gasteiger partial charge in [-0.25, -0.2) is 0 Å². The van der Waals surface area contributed by atoms with Crippen LogP contribution < -0.4 is 0 Å². The second-order valence-electron chi connectivity index (χ2n) is 11.1. The molecule has 4 heteroatoms. The Kier molecular flexibility index (Phi) is 4.15. The zero-order chi connectivity index (χ0) is 19.7. The molecular formula is C24H35NO3. The Morgan fingerprint density at radius 3 is 2.64 bits per heavy atom. The van der Waals surface area contributed by atoms with E-state index in [1.54, 1.807) is 6.07 Å². The Labute approximate surface area is 168 Å². The molecule has 154 valence electrons.